The number of nitrogens with zero attached hydrogens (tertiary/aromatic N) is 2. The fourth-order valence-electron chi connectivity index (χ4n) is 3.91. The van der Waals surface area contributed by atoms with Crippen molar-refractivity contribution in [3.63, 3.8) is 0 Å². The Kier molecular flexibility index (Phi) is 9.50. The Hall–Kier alpha value is -3.17. The summed E-state index contributed by atoms with van der Waals surface area (Å²) in [4.78, 5) is 28.1. The van der Waals surface area contributed by atoms with Gasteiger partial charge in [0, 0.05) is 17.6 Å². The number of sulfonamides is 1. The van der Waals surface area contributed by atoms with Gasteiger partial charge in [-0.3, -0.25) is 13.9 Å². The molecule has 0 heterocycles. The number of carbonyl (C=O) groups excluding carboxylic acids is 2. The van der Waals surface area contributed by atoms with Crippen LogP contribution in [-0.4, -0.2) is 44.3 Å². The summed E-state index contributed by atoms with van der Waals surface area (Å²) in [6.45, 7) is 7.24. The summed E-state index contributed by atoms with van der Waals surface area (Å²) in [5, 5.41) is 2.76. The van der Waals surface area contributed by atoms with Crippen LogP contribution < -0.4 is 9.62 Å². The summed E-state index contributed by atoms with van der Waals surface area (Å²) in [5.74, 6) is -0.792. The molecule has 0 spiro atoms. The molecule has 0 bridgehead atoms. The van der Waals surface area contributed by atoms with Crippen LogP contribution in [0, 0.1) is 13.8 Å². The molecular formula is C28H32BrN3O4S. The van der Waals surface area contributed by atoms with E-state index in [1.165, 1.54) is 17.0 Å². The van der Waals surface area contributed by atoms with E-state index in [9.17, 15) is 18.0 Å². The predicted molar refractivity (Wildman–Crippen MR) is 150 cm³/mol. The van der Waals surface area contributed by atoms with Crippen LogP contribution in [-0.2, 0) is 26.2 Å². The zero-order valence-electron chi connectivity index (χ0n) is 21.4. The summed E-state index contributed by atoms with van der Waals surface area (Å²) in [6, 6.07) is 20.2. The molecule has 2 amide bonds. The van der Waals surface area contributed by atoms with E-state index >= 15 is 0 Å². The molecule has 9 heteroatoms. The molecule has 0 saturated heterocycles. The van der Waals surface area contributed by atoms with Gasteiger partial charge in [-0.15, -0.1) is 0 Å². The molecule has 0 aliphatic rings. The molecule has 196 valence electrons. The molecule has 3 aromatic rings. The highest BCUT2D eigenvalue weighted by atomic mass is 79.9. The number of anilines is 1. The van der Waals surface area contributed by atoms with Gasteiger partial charge in [0.25, 0.3) is 10.0 Å². The number of hydrogen-bond acceptors (Lipinski definition) is 4. The lowest BCUT2D eigenvalue weighted by atomic mass is 10.1. The molecule has 7 nitrogen and oxygen atoms in total. The fraction of sp³-hybridized carbons (Fsp3) is 0.286. The van der Waals surface area contributed by atoms with Crippen molar-refractivity contribution in [2.24, 2.45) is 0 Å². The van der Waals surface area contributed by atoms with Gasteiger partial charge in [0.1, 0.15) is 12.6 Å². The summed E-state index contributed by atoms with van der Waals surface area (Å²) < 4.78 is 29.7. The highest BCUT2D eigenvalue weighted by Crippen LogP contribution is 2.28. The Morgan fingerprint density at radius 1 is 0.973 bits per heavy atom. The number of nitrogens with one attached hydrogen (secondary N) is 1. The molecule has 0 aromatic heterocycles. The molecule has 37 heavy (non-hydrogen) atoms. The smallest absolute Gasteiger partial charge is 0.264 e. The molecule has 0 radical (unpaired) electrons. The molecule has 1 atom stereocenters. The van der Waals surface area contributed by atoms with Crippen molar-refractivity contribution in [2.75, 3.05) is 17.4 Å². The lowest BCUT2D eigenvalue weighted by Crippen LogP contribution is -2.51. The zero-order chi connectivity index (χ0) is 27.2. The first-order chi connectivity index (χ1) is 17.5. The second-order valence-corrected chi connectivity index (χ2v) is 11.6. The molecule has 0 saturated carbocycles. The van der Waals surface area contributed by atoms with Crippen LogP contribution in [0.25, 0.3) is 0 Å². The first kappa shape index (κ1) is 28.4. The van der Waals surface area contributed by atoms with E-state index in [4.69, 9.17) is 0 Å². The van der Waals surface area contributed by atoms with E-state index in [1.807, 2.05) is 50.2 Å². The minimum atomic E-state index is -4.08. The van der Waals surface area contributed by atoms with Crippen LogP contribution in [0.15, 0.2) is 82.2 Å². The van der Waals surface area contributed by atoms with Crippen LogP contribution in [0.3, 0.4) is 0 Å². The maximum Gasteiger partial charge on any atom is 0.264 e. The van der Waals surface area contributed by atoms with Crippen LogP contribution in [0.5, 0.6) is 0 Å². The summed E-state index contributed by atoms with van der Waals surface area (Å²) >= 11 is 3.41. The first-order valence-electron chi connectivity index (χ1n) is 12.0. The number of amides is 2. The van der Waals surface area contributed by atoms with E-state index in [1.54, 1.807) is 38.1 Å². The van der Waals surface area contributed by atoms with Crippen LogP contribution in [0.4, 0.5) is 5.69 Å². The molecule has 0 aliphatic heterocycles. The molecule has 0 fully saturated rings. The van der Waals surface area contributed by atoms with Crippen LogP contribution in [0.2, 0.25) is 0 Å². The van der Waals surface area contributed by atoms with Gasteiger partial charge < -0.3 is 10.2 Å². The quantitative estimate of drug-likeness (QED) is 0.370. The average molecular weight is 587 g/mol. The number of aryl methyl sites for hydroxylation is 2. The highest BCUT2D eigenvalue weighted by molar-refractivity contribution is 9.10. The van der Waals surface area contributed by atoms with Gasteiger partial charge in [-0.25, -0.2) is 8.42 Å². The largest absolute Gasteiger partial charge is 0.355 e. The maximum absolute atomic E-state index is 13.9. The monoisotopic (exact) mass is 585 g/mol. The number of halogens is 1. The normalized spacial score (nSPS) is 12.0. The SMILES string of the molecule is CCNC(=O)[C@H](C)N(Cc1ccc(Br)cc1)C(=O)CN(c1cc(C)ccc1C)S(=O)(=O)c1ccccc1. The van der Waals surface area contributed by atoms with Crippen molar-refractivity contribution in [1.29, 1.82) is 0 Å². The zero-order valence-corrected chi connectivity index (χ0v) is 23.8. The van der Waals surface area contributed by atoms with Gasteiger partial charge in [0.05, 0.1) is 10.6 Å². The van der Waals surface area contributed by atoms with Gasteiger partial charge in [0.15, 0.2) is 0 Å². The Balaban J connectivity index is 2.05. The third-order valence-corrected chi connectivity index (χ3v) is 8.33. The van der Waals surface area contributed by atoms with Crippen molar-refractivity contribution in [3.8, 4) is 0 Å². The second kappa shape index (κ2) is 12.4. The molecule has 3 rings (SSSR count). The lowest BCUT2D eigenvalue weighted by molar-refractivity contribution is -0.139. The number of hydrogen-bond donors (Lipinski definition) is 1. The molecule has 3 aromatic carbocycles. The van der Waals surface area contributed by atoms with Gasteiger partial charge in [-0.05, 0) is 74.7 Å². The first-order valence-corrected chi connectivity index (χ1v) is 14.2. The van der Waals surface area contributed by atoms with Gasteiger partial charge in [-0.2, -0.15) is 0 Å². The summed E-state index contributed by atoms with van der Waals surface area (Å²) in [5.41, 5.74) is 2.82. The topological polar surface area (TPSA) is 86.8 Å². The summed E-state index contributed by atoms with van der Waals surface area (Å²) in [7, 11) is -4.08. The van der Waals surface area contributed by atoms with E-state index in [0.717, 1.165) is 19.9 Å². The highest BCUT2D eigenvalue weighted by Gasteiger charge is 2.33. The van der Waals surface area contributed by atoms with Crippen molar-refractivity contribution < 1.29 is 18.0 Å². The van der Waals surface area contributed by atoms with E-state index in [2.05, 4.69) is 21.2 Å². The number of rotatable bonds is 10. The minimum absolute atomic E-state index is 0.0833. The van der Waals surface area contributed by atoms with Crippen molar-refractivity contribution >= 4 is 43.5 Å². The maximum atomic E-state index is 13.9. The Labute approximate surface area is 227 Å². The van der Waals surface area contributed by atoms with Gasteiger partial charge in [0.2, 0.25) is 11.8 Å². The average Bonchev–Trinajstić information content (AvgIpc) is 2.88. The van der Waals surface area contributed by atoms with E-state index < -0.39 is 28.5 Å². The molecular weight excluding hydrogens is 554 g/mol. The Bertz CT molecular complexity index is 1350. The summed E-state index contributed by atoms with van der Waals surface area (Å²) in [6.07, 6.45) is 0. The third kappa shape index (κ3) is 6.99. The minimum Gasteiger partial charge on any atom is -0.355 e. The van der Waals surface area contributed by atoms with Crippen molar-refractivity contribution in [2.45, 2.75) is 45.2 Å². The lowest BCUT2D eigenvalue weighted by Gasteiger charge is -2.32. The Morgan fingerprint density at radius 2 is 1.62 bits per heavy atom. The van der Waals surface area contributed by atoms with Crippen molar-refractivity contribution in [1.82, 2.24) is 10.2 Å². The van der Waals surface area contributed by atoms with E-state index in [-0.39, 0.29) is 17.3 Å². The molecule has 0 aliphatic carbocycles. The number of likely N-dealkylation sites (N-methyl/N-ethyl adjacent to an activating group) is 1. The standard InChI is InChI=1S/C28H32BrN3O4S/c1-5-30-28(34)22(4)31(18-23-13-15-24(29)16-14-23)27(33)19-32(26-17-20(2)11-12-21(26)3)37(35,36)25-9-7-6-8-10-25/h6-17,22H,5,18-19H2,1-4H3,(H,30,34)/t22-/m0/s1. The fourth-order valence-corrected chi connectivity index (χ4v) is 5.67. The van der Waals surface area contributed by atoms with Crippen LogP contribution >= 0.6 is 15.9 Å². The van der Waals surface area contributed by atoms with E-state index in [0.29, 0.717) is 17.8 Å². The van der Waals surface area contributed by atoms with Crippen molar-refractivity contribution in [3.05, 3.63) is 94.0 Å². The second-order valence-electron chi connectivity index (χ2n) is 8.83. The molecule has 1 N–H and O–H groups in total. The van der Waals surface area contributed by atoms with Crippen LogP contribution in [0.1, 0.15) is 30.5 Å². The molecule has 0 unspecified atom stereocenters. The number of carbonyl (C=O) groups is 2. The predicted octanol–water partition coefficient (Wildman–Crippen LogP) is 4.81. The van der Waals surface area contributed by atoms with Gasteiger partial charge in [-0.1, -0.05) is 58.4 Å². The third-order valence-electron chi connectivity index (χ3n) is 6.03. The number of benzene rings is 3. The van der Waals surface area contributed by atoms with Gasteiger partial charge >= 0.3 is 0 Å². The Morgan fingerprint density at radius 3 is 2.24 bits per heavy atom.